The predicted octanol–water partition coefficient (Wildman–Crippen LogP) is 2.86. The first-order chi connectivity index (χ1) is 14.7. The smallest absolute Gasteiger partial charge is 0.273 e. The molecular formula is C23H27N5OS. The van der Waals surface area contributed by atoms with Crippen LogP contribution >= 0.6 is 11.3 Å². The molecule has 1 N–H and O–H groups in total. The average molecular weight is 422 g/mol. The van der Waals surface area contributed by atoms with Crippen LogP contribution in [0.15, 0.2) is 41.2 Å². The van der Waals surface area contributed by atoms with Gasteiger partial charge in [0.1, 0.15) is 5.69 Å². The van der Waals surface area contributed by atoms with E-state index in [9.17, 15) is 10.1 Å². The molecular weight excluding hydrogens is 394 g/mol. The van der Waals surface area contributed by atoms with Crippen molar-refractivity contribution in [3.8, 4) is 6.07 Å². The van der Waals surface area contributed by atoms with Crippen LogP contribution in [0.25, 0.3) is 0 Å². The highest BCUT2D eigenvalue weighted by molar-refractivity contribution is 7.07. The highest BCUT2D eigenvalue weighted by Gasteiger charge is 2.50. The first-order valence-corrected chi connectivity index (χ1v) is 11.7. The maximum atomic E-state index is 12.5. The molecule has 1 aromatic heterocycles. The predicted molar refractivity (Wildman–Crippen MR) is 116 cm³/mol. The summed E-state index contributed by atoms with van der Waals surface area (Å²) in [6.45, 7) is 3.24. The number of piperidine rings is 1. The summed E-state index contributed by atoms with van der Waals surface area (Å²) >= 11 is 1.44. The Morgan fingerprint density at radius 2 is 2.03 bits per heavy atom. The molecule has 30 heavy (non-hydrogen) atoms. The van der Waals surface area contributed by atoms with Crippen molar-refractivity contribution in [2.45, 2.75) is 49.2 Å². The lowest BCUT2D eigenvalue weighted by atomic mass is 9.82. The molecule has 7 heteroatoms. The van der Waals surface area contributed by atoms with Gasteiger partial charge in [-0.15, -0.1) is 11.3 Å². The molecule has 1 unspecified atom stereocenters. The van der Waals surface area contributed by atoms with Crippen LogP contribution in [0.1, 0.15) is 47.7 Å². The Kier molecular flexibility index (Phi) is 5.32. The van der Waals surface area contributed by atoms with Crippen LogP contribution in [0.4, 0.5) is 0 Å². The molecule has 6 nitrogen and oxygen atoms in total. The van der Waals surface area contributed by atoms with Crippen LogP contribution in [0, 0.1) is 11.3 Å². The number of thiazole rings is 1. The van der Waals surface area contributed by atoms with Crippen LogP contribution in [-0.2, 0) is 0 Å². The molecule has 3 fully saturated rings. The average Bonchev–Trinajstić information content (AvgIpc) is 3.29. The second-order valence-corrected chi connectivity index (χ2v) is 9.60. The van der Waals surface area contributed by atoms with E-state index in [1.165, 1.54) is 23.3 Å². The summed E-state index contributed by atoms with van der Waals surface area (Å²) in [5.41, 5.74) is 3.47. The number of carbonyl (C=O) groups excluding carboxylic acids is 1. The topological polar surface area (TPSA) is 72.3 Å². The van der Waals surface area contributed by atoms with Gasteiger partial charge < -0.3 is 10.2 Å². The minimum Gasteiger partial charge on any atom is -0.333 e. The highest BCUT2D eigenvalue weighted by atomic mass is 32.1. The van der Waals surface area contributed by atoms with Crippen LogP contribution in [0.2, 0.25) is 0 Å². The third-order valence-electron chi connectivity index (χ3n) is 6.95. The molecule has 156 valence electrons. The van der Waals surface area contributed by atoms with Gasteiger partial charge >= 0.3 is 0 Å². The van der Waals surface area contributed by atoms with Crippen molar-refractivity contribution < 1.29 is 4.79 Å². The Balaban J connectivity index is 1.13. The summed E-state index contributed by atoms with van der Waals surface area (Å²) in [4.78, 5) is 21.0. The minimum absolute atomic E-state index is 0.0120. The maximum Gasteiger partial charge on any atom is 0.273 e. The Morgan fingerprint density at radius 1 is 1.27 bits per heavy atom. The van der Waals surface area contributed by atoms with E-state index in [0.717, 1.165) is 25.9 Å². The SMILES string of the molecule is N#CCC1(N2CCC(N[C@@H]3CC3c3ccccc3)CC2)CN(C(=O)c2cscn2)C1. The van der Waals surface area contributed by atoms with Crippen LogP contribution in [0.5, 0.6) is 0 Å². The zero-order valence-electron chi connectivity index (χ0n) is 17.0. The zero-order chi connectivity index (χ0) is 20.6. The van der Waals surface area contributed by atoms with Crippen molar-refractivity contribution in [3.63, 3.8) is 0 Å². The molecule has 2 saturated heterocycles. The van der Waals surface area contributed by atoms with E-state index in [1.807, 2.05) is 4.90 Å². The van der Waals surface area contributed by atoms with E-state index >= 15 is 0 Å². The van der Waals surface area contributed by atoms with Crippen molar-refractivity contribution in [1.82, 2.24) is 20.1 Å². The van der Waals surface area contributed by atoms with E-state index in [0.29, 0.717) is 43.2 Å². The first kappa shape index (κ1) is 19.7. The van der Waals surface area contributed by atoms with Crippen molar-refractivity contribution in [2.75, 3.05) is 26.2 Å². The second-order valence-electron chi connectivity index (χ2n) is 8.88. The van der Waals surface area contributed by atoms with E-state index in [1.54, 1.807) is 10.9 Å². The molecule has 1 amide bonds. The van der Waals surface area contributed by atoms with Crippen LogP contribution in [-0.4, -0.2) is 64.5 Å². The molecule has 2 atom stereocenters. The number of hydrogen-bond donors (Lipinski definition) is 1. The number of aromatic nitrogens is 1. The lowest BCUT2D eigenvalue weighted by Crippen LogP contribution is -2.72. The number of likely N-dealkylation sites (tertiary alicyclic amines) is 2. The van der Waals surface area contributed by atoms with Gasteiger partial charge in [0.2, 0.25) is 0 Å². The van der Waals surface area contributed by atoms with Crippen molar-refractivity contribution in [3.05, 3.63) is 52.5 Å². The largest absolute Gasteiger partial charge is 0.333 e. The van der Waals surface area contributed by atoms with Gasteiger partial charge in [0.15, 0.2) is 0 Å². The summed E-state index contributed by atoms with van der Waals surface area (Å²) < 4.78 is 0. The highest BCUT2D eigenvalue weighted by Crippen LogP contribution is 2.42. The number of nitriles is 1. The van der Waals surface area contributed by atoms with Crippen molar-refractivity contribution in [1.29, 1.82) is 5.26 Å². The molecule has 1 saturated carbocycles. The Hall–Kier alpha value is -2.27. The number of nitrogens with one attached hydrogen (secondary N) is 1. The molecule has 3 aliphatic rings. The van der Waals surface area contributed by atoms with Gasteiger partial charge in [-0.1, -0.05) is 30.3 Å². The number of hydrogen-bond acceptors (Lipinski definition) is 6. The molecule has 0 spiro atoms. The normalized spacial score (nSPS) is 26.0. The van der Waals surface area contributed by atoms with E-state index in [-0.39, 0.29) is 11.4 Å². The third-order valence-corrected chi connectivity index (χ3v) is 7.54. The first-order valence-electron chi connectivity index (χ1n) is 10.8. The lowest BCUT2D eigenvalue weighted by molar-refractivity contribution is -0.0499. The van der Waals surface area contributed by atoms with Gasteiger partial charge in [0.05, 0.1) is 23.5 Å². The van der Waals surface area contributed by atoms with Crippen LogP contribution in [0.3, 0.4) is 0 Å². The molecule has 0 bridgehead atoms. The van der Waals surface area contributed by atoms with Gasteiger partial charge in [-0.25, -0.2) is 4.98 Å². The van der Waals surface area contributed by atoms with Gasteiger partial charge in [0, 0.05) is 49.6 Å². The maximum absolute atomic E-state index is 12.5. The molecule has 3 heterocycles. The molecule has 0 radical (unpaired) electrons. The number of amides is 1. The van der Waals surface area contributed by atoms with Gasteiger partial charge in [-0.05, 0) is 24.8 Å². The summed E-state index contributed by atoms with van der Waals surface area (Å²) in [5.74, 6) is 0.646. The molecule has 5 rings (SSSR count). The van der Waals surface area contributed by atoms with Gasteiger partial charge in [0.25, 0.3) is 5.91 Å². The number of carbonyl (C=O) groups is 1. The van der Waals surface area contributed by atoms with Crippen LogP contribution < -0.4 is 5.32 Å². The summed E-state index contributed by atoms with van der Waals surface area (Å²) in [6, 6.07) is 14.3. The number of rotatable bonds is 6. The summed E-state index contributed by atoms with van der Waals surface area (Å²) in [6.07, 6.45) is 3.91. The fraction of sp³-hybridized carbons (Fsp3) is 0.522. The monoisotopic (exact) mass is 421 g/mol. The fourth-order valence-electron chi connectivity index (χ4n) is 5.13. The van der Waals surface area contributed by atoms with Gasteiger partial charge in [-0.2, -0.15) is 5.26 Å². The van der Waals surface area contributed by atoms with Gasteiger partial charge in [-0.3, -0.25) is 9.69 Å². The Bertz CT molecular complexity index is 911. The Labute approximate surface area is 181 Å². The second kappa shape index (κ2) is 8.10. The zero-order valence-corrected chi connectivity index (χ0v) is 17.9. The quantitative estimate of drug-likeness (QED) is 0.777. The Morgan fingerprint density at radius 3 is 2.70 bits per heavy atom. The van der Waals surface area contributed by atoms with E-state index in [4.69, 9.17) is 0 Å². The third kappa shape index (κ3) is 3.76. The standard InChI is InChI=1S/C23H27N5OS/c24-9-8-23(14-27(15-23)22(29)21-13-30-16-25-21)28-10-6-18(7-11-28)26-20-12-19(20)17-4-2-1-3-5-17/h1-5,13,16,18-20,26H,6-8,10-12,14-15H2/t19?,20-/m1/s1. The number of benzene rings is 1. The molecule has 1 aromatic carbocycles. The van der Waals surface area contributed by atoms with Crippen molar-refractivity contribution in [2.24, 2.45) is 0 Å². The number of nitrogens with zero attached hydrogens (tertiary/aromatic N) is 4. The fourth-order valence-corrected chi connectivity index (χ4v) is 5.66. The minimum atomic E-state index is -0.183. The summed E-state index contributed by atoms with van der Waals surface area (Å²) in [5, 5.41) is 15.1. The lowest BCUT2D eigenvalue weighted by Gasteiger charge is -2.56. The van der Waals surface area contributed by atoms with E-state index in [2.05, 4.69) is 51.6 Å². The molecule has 2 aromatic rings. The summed E-state index contributed by atoms with van der Waals surface area (Å²) in [7, 11) is 0. The van der Waals surface area contributed by atoms with E-state index < -0.39 is 0 Å². The molecule has 1 aliphatic carbocycles. The molecule has 2 aliphatic heterocycles. The van der Waals surface area contributed by atoms with Crippen molar-refractivity contribution >= 4 is 17.2 Å².